The lowest BCUT2D eigenvalue weighted by atomic mass is 10.2. The molecule has 0 fully saturated rings. The SMILES string of the molecule is COc1ccc(Cl)cc1NC(=O)CCn1cnc2ccccc21. The smallest absolute Gasteiger partial charge is 0.226 e. The van der Waals surface area contributed by atoms with Crippen LogP contribution < -0.4 is 10.1 Å². The van der Waals surface area contributed by atoms with Gasteiger partial charge in [0.1, 0.15) is 5.75 Å². The van der Waals surface area contributed by atoms with Gasteiger partial charge in [-0.05, 0) is 30.3 Å². The maximum absolute atomic E-state index is 12.2. The van der Waals surface area contributed by atoms with E-state index in [9.17, 15) is 4.79 Å². The third kappa shape index (κ3) is 3.46. The van der Waals surface area contributed by atoms with Crippen molar-refractivity contribution >= 4 is 34.2 Å². The number of hydrogen-bond donors (Lipinski definition) is 1. The Labute approximate surface area is 138 Å². The summed E-state index contributed by atoms with van der Waals surface area (Å²) in [6.07, 6.45) is 2.08. The first kappa shape index (κ1) is 15.4. The summed E-state index contributed by atoms with van der Waals surface area (Å²) in [6.45, 7) is 0.551. The van der Waals surface area contributed by atoms with E-state index in [0.29, 0.717) is 29.4 Å². The molecule has 0 aliphatic heterocycles. The van der Waals surface area contributed by atoms with Crippen molar-refractivity contribution in [3.8, 4) is 5.75 Å². The Hall–Kier alpha value is -2.53. The summed E-state index contributed by atoms with van der Waals surface area (Å²) in [7, 11) is 1.55. The molecule has 1 N–H and O–H groups in total. The largest absolute Gasteiger partial charge is 0.495 e. The summed E-state index contributed by atoms with van der Waals surface area (Å²) in [5, 5.41) is 3.37. The number of ether oxygens (including phenoxy) is 1. The Morgan fingerprint density at radius 2 is 2.13 bits per heavy atom. The van der Waals surface area contributed by atoms with Crippen LogP contribution in [-0.4, -0.2) is 22.6 Å². The van der Waals surface area contributed by atoms with Gasteiger partial charge in [-0.25, -0.2) is 4.98 Å². The van der Waals surface area contributed by atoms with Crippen molar-refractivity contribution in [1.29, 1.82) is 0 Å². The second-order valence-corrected chi connectivity index (χ2v) is 5.51. The number of hydrogen-bond acceptors (Lipinski definition) is 3. The van der Waals surface area contributed by atoms with Crippen LogP contribution in [0.25, 0.3) is 11.0 Å². The second kappa shape index (κ2) is 6.71. The number of nitrogens with zero attached hydrogens (tertiary/aromatic N) is 2. The van der Waals surface area contributed by atoms with Gasteiger partial charge in [-0.15, -0.1) is 0 Å². The van der Waals surface area contributed by atoms with Crippen molar-refractivity contribution in [2.24, 2.45) is 0 Å². The first-order chi connectivity index (χ1) is 11.2. The number of rotatable bonds is 5. The zero-order valence-electron chi connectivity index (χ0n) is 12.6. The summed E-state index contributed by atoms with van der Waals surface area (Å²) in [5.41, 5.74) is 2.51. The molecule has 23 heavy (non-hydrogen) atoms. The monoisotopic (exact) mass is 329 g/mol. The highest BCUT2D eigenvalue weighted by atomic mass is 35.5. The van der Waals surface area contributed by atoms with Crippen molar-refractivity contribution in [2.45, 2.75) is 13.0 Å². The van der Waals surface area contributed by atoms with E-state index in [1.807, 2.05) is 28.8 Å². The number of halogens is 1. The van der Waals surface area contributed by atoms with Crippen LogP contribution in [0.15, 0.2) is 48.8 Å². The molecule has 1 heterocycles. The zero-order valence-corrected chi connectivity index (χ0v) is 13.4. The summed E-state index contributed by atoms with van der Waals surface area (Å²) in [4.78, 5) is 16.5. The highest BCUT2D eigenvalue weighted by Gasteiger charge is 2.09. The lowest BCUT2D eigenvalue weighted by Crippen LogP contribution is -2.14. The Morgan fingerprint density at radius 3 is 2.96 bits per heavy atom. The molecule has 3 aromatic rings. The molecule has 2 aromatic carbocycles. The van der Waals surface area contributed by atoms with Gasteiger partial charge in [-0.3, -0.25) is 4.79 Å². The number of methoxy groups -OCH3 is 1. The molecule has 1 amide bonds. The minimum Gasteiger partial charge on any atom is -0.495 e. The van der Waals surface area contributed by atoms with Crippen LogP contribution >= 0.6 is 11.6 Å². The van der Waals surface area contributed by atoms with Crippen LogP contribution in [-0.2, 0) is 11.3 Å². The van der Waals surface area contributed by atoms with E-state index in [2.05, 4.69) is 10.3 Å². The first-order valence-corrected chi connectivity index (χ1v) is 7.58. The van der Waals surface area contributed by atoms with Crippen molar-refractivity contribution in [1.82, 2.24) is 9.55 Å². The van der Waals surface area contributed by atoms with E-state index in [0.717, 1.165) is 11.0 Å². The zero-order chi connectivity index (χ0) is 16.2. The van der Waals surface area contributed by atoms with Gasteiger partial charge in [0.05, 0.1) is 30.2 Å². The standard InChI is InChI=1S/C17H16ClN3O2/c1-23-16-7-6-12(18)10-14(16)20-17(22)8-9-21-11-19-13-4-2-3-5-15(13)21/h2-7,10-11H,8-9H2,1H3,(H,20,22). The topological polar surface area (TPSA) is 56.1 Å². The normalized spacial score (nSPS) is 10.7. The molecule has 0 radical (unpaired) electrons. The van der Waals surface area contributed by atoms with E-state index >= 15 is 0 Å². The van der Waals surface area contributed by atoms with Crippen LogP contribution in [0.2, 0.25) is 5.02 Å². The number of anilines is 1. The number of carbonyl (C=O) groups is 1. The van der Waals surface area contributed by atoms with Gasteiger partial charge in [0, 0.05) is 18.0 Å². The number of para-hydroxylation sites is 2. The van der Waals surface area contributed by atoms with Crippen LogP contribution in [0.3, 0.4) is 0 Å². The average Bonchev–Trinajstić information content (AvgIpc) is 2.96. The predicted octanol–water partition coefficient (Wildman–Crippen LogP) is 3.73. The number of imidazole rings is 1. The number of fused-ring (bicyclic) bond motifs is 1. The van der Waals surface area contributed by atoms with Crippen LogP contribution in [0.1, 0.15) is 6.42 Å². The molecule has 1 aromatic heterocycles. The van der Waals surface area contributed by atoms with Crippen molar-refractivity contribution in [3.63, 3.8) is 0 Å². The number of aryl methyl sites for hydroxylation is 1. The van der Waals surface area contributed by atoms with Crippen LogP contribution in [0.4, 0.5) is 5.69 Å². The number of benzene rings is 2. The molecule has 0 atom stereocenters. The molecule has 0 aliphatic carbocycles. The fourth-order valence-corrected chi connectivity index (χ4v) is 2.57. The predicted molar refractivity (Wildman–Crippen MR) is 91.0 cm³/mol. The molecular weight excluding hydrogens is 314 g/mol. The first-order valence-electron chi connectivity index (χ1n) is 7.20. The molecular formula is C17H16ClN3O2. The molecule has 0 saturated carbocycles. The number of carbonyl (C=O) groups excluding carboxylic acids is 1. The maximum Gasteiger partial charge on any atom is 0.226 e. The second-order valence-electron chi connectivity index (χ2n) is 5.07. The molecule has 0 aliphatic rings. The maximum atomic E-state index is 12.2. The average molecular weight is 330 g/mol. The highest BCUT2D eigenvalue weighted by Crippen LogP contribution is 2.27. The van der Waals surface area contributed by atoms with Gasteiger partial charge in [0.15, 0.2) is 0 Å². The molecule has 0 saturated heterocycles. The highest BCUT2D eigenvalue weighted by molar-refractivity contribution is 6.31. The lowest BCUT2D eigenvalue weighted by Gasteiger charge is -2.11. The summed E-state index contributed by atoms with van der Waals surface area (Å²) in [6, 6.07) is 12.9. The van der Waals surface area contributed by atoms with Gasteiger partial charge in [-0.2, -0.15) is 0 Å². The lowest BCUT2D eigenvalue weighted by molar-refractivity contribution is -0.116. The van der Waals surface area contributed by atoms with Crippen molar-refractivity contribution in [2.75, 3.05) is 12.4 Å². The number of amides is 1. The molecule has 118 valence electrons. The van der Waals surface area contributed by atoms with E-state index in [-0.39, 0.29) is 5.91 Å². The van der Waals surface area contributed by atoms with Gasteiger partial charge in [0.25, 0.3) is 0 Å². The quantitative estimate of drug-likeness (QED) is 0.776. The Bertz CT molecular complexity index is 845. The molecule has 0 unspecified atom stereocenters. The summed E-state index contributed by atoms with van der Waals surface area (Å²) in [5.74, 6) is 0.471. The fraction of sp³-hybridized carbons (Fsp3) is 0.176. The van der Waals surface area contributed by atoms with Gasteiger partial charge in [0.2, 0.25) is 5.91 Å². The Morgan fingerprint density at radius 1 is 1.30 bits per heavy atom. The van der Waals surface area contributed by atoms with Gasteiger partial charge in [-0.1, -0.05) is 23.7 Å². The van der Waals surface area contributed by atoms with Gasteiger partial charge >= 0.3 is 0 Å². The molecule has 3 rings (SSSR count). The number of aromatic nitrogens is 2. The third-order valence-corrected chi connectivity index (χ3v) is 3.78. The Kier molecular flexibility index (Phi) is 4.48. The molecule has 6 heteroatoms. The number of nitrogens with one attached hydrogen (secondary N) is 1. The van der Waals surface area contributed by atoms with Crippen LogP contribution in [0, 0.1) is 0 Å². The summed E-state index contributed by atoms with van der Waals surface area (Å²) < 4.78 is 7.18. The third-order valence-electron chi connectivity index (χ3n) is 3.54. The van der Waals surface area contributed by atoms with Gasteiger partial charge < -0.3 is 14.6 Å². The minimum absolute atomic E-state index is 0.108. The van der Waals surface area contributed by atoms with E-state index in [4.69, 9.17) is 16.3 Å². The van der Waals surface area contributed by atoms with Crippen LogP contribution in [0.5, 0.6) is 5.75 Å². The summed E-state index contributed by atoms with van der Waals surface area (Å²) >= 11 is 5.96. The van der Waals surface area contributed by atoms with E-state index in [1.54, 1.807) is 31.6 Å². The molecule has 0 spiro atoms. The molecule has 0 bridgehead atoms. The minimum atomic E-state index is -0.108. The Balaban J connectivity index is 1.67. The molecule has 5 nitrogen and oxygen atoms in total. The van der Waals surface area contributed by atoms with Crippen molar-refractivity contribution < 1.29 is 9.53 Å². The fourth-order valence-electron chi connectivity index (χ4n) is 2.40. The van der Waals surface area contributed by atoms with Crippen molar-refractivity contribution in [3.05, 3.63) is 53.8 Å². The van der Waals surface area contributed by atoms with E-state index < -0.39 is 0 Å². The van der Waals surface area contributed by atoms with E-state index in [1.165, 1.54) is 0 Å².